The van der Waals surface area contributed by atoms with Crippen molar-refractivity contribution in [3.05, 3.63) is 89.7 Å². The molecule has 3 aromatic rings. The van der Waals surface area contributed by atoms with Crippen LogP contribution in [0, 0.1) is 5.82 Å². The van der Waals surface area contributed by atoms with Gasteiger partial charge >= 0.3 is 5.97 Å². The maximum Gasteiger partial charge on any atom is 0.320 e. The van der Waals surface area contributed by atoms with Crippen molar-refractivity contribution in [2.24, 2.45) is 0 Å². The first kappa shape index (κ1) is 23.5. The van der Waals surface area contributed by atoms with Gasteiger partial charge in [0.1, 0.15) is 11.9 Å². The van der Waals surface area contributed by atoms with Crippen LogP contribution in [0.4, 0.5) is 10.1 Å². The molecule has 168 valence electrons. The highest BCUT2D eigenvalue weighted by Crippen LogP contribution is 2.24. The van der Waals surface area contributed by atoms with Crippen molar-refractivity contribution in [2.45, 2.75) is 45.9 Å². The smallest absolute Gasteiger partial charge is 0.320 e. The molecule has 0 aliphatic carbocycles. The molecule has 0 amide bonds. The van der Waals surface area contributed by atoms with Crippen molar-refractivity contribution in [3.63, 3.8) is 0 Å². The van der Waals surface area contributed by atoms with Crippen molar-refractivity contribution >= 4 is 11.7 Å². The lowest BCUT2D eigenvalue weighted by Crippen LogP contribution is -2.35. The van der Waals surface area contributed by atoms with Gasteiger partial charge in [0.15, 0.2) is 0 Å². The normalized spacial score (nSPS) is 12.2. The van der Waals surface area contributed by atoms with E-state index in [1.807, 2.05) is 36.2 Å². The van der Waals surface area contributed by atoms with Crippen molar-refractivity contribution in [3.8, 4) is 11.1 Å². The second-order valence-electron chi connectivity index (χ2n) is 8.52. The molecule has 1 atom stereocenters. The number of anilines is 1. The van der Waals surface area contributed by atoms with Crippen LogP contribution in [0.15, 0.2) is 72.8 Å². The molecule has 0 aliphatic rings. The molecule has 0 aliphatic heterocycles. The maximum atomic E-state index is 13.3. The number of nitrogens with zero attached hydrogens (tertiary/aromatic N) is 2. The predicted molar refractivity (Wildman–Crippen MR) is 128 cm³/mol. The van der Waals surface area contributed by atoms with E-state index in [1.54, 1.807) is 6.92 Å². The van der Waals surface area contributed by atoms with Gasteiger partial charge in [-0.3, -0.25) is 9.69 Å². The molecule has 4 nitrogen and oxygen atoms in total. The third kappa shape index (κ3) is 5.95. The van der Waals surface area contributed by atoms with Gasteiger partial charge in [-0.2, -0.15) is 0 Å². The van der Waals surface area contributed by atoms with E-state index in [0.29, 0.717) is 6.54 Å². The van der Waals surface area contributed by atoms with Crippen LogP contribution in [0.1, 0.15) is 31.9 Å². The molecular formula is C27H31FN2O2. The average molecular weight is 435 g/mol. The number of hydrogen-bond donors (Lipinski definition) is 1. The molecule has 0 aromatic heterocycles. The van der Waals surface area contributed by atoms with Crippen LogP contribution in [0.5, 0.6) is 0 Å². The first-order valence-corrected chi connectivity index (χ1v) is 10.9. The number of hydrogen-bond acceptors (Lipinski definition) is 3. The zero-order chi connectivity index (χ0) is 23.3. The fourth-order valence-corrected chi connectivity index (χ4v) is 3.62. The van der Waals surface area contributed by atoms with E-state index in [4.69, 9.17) is 5.11 Å². The molecular weight excluding hydrogens is 403 g/mol. The summed E-state index contributed by atoms with van der Waals surface area (Å²) in [6, 6.07) is 23.1. The number of rotatable bonds is 9. The summed E-state index contributed by atoms with van der Waals surface area (Å²) in [6.45, 7) is 7.29. The number of aliphatic carboxylic acids is 1. The van der Waals surface area contributed by atoms with Crippen LogP contribution in [-0.2, 0) is 17.9 Å². The van der Waals surface area contributed by atoms with E-state index >= 15 is 0 Å². The number of carboxylic acids is 1. The fourth-order valence-electron chi connectivity index (χ4n) is 3.62. The molecule has 1 N–H and O–H groups in total. The molecule has 0 bridgehead atoms. The van der Waals surface area contributed by atoms with Crippen molar-refractivity contribution < 1.29 is 14.3 Å². The Hall–Kier alpha value is -3.18. The zero-order valence-electron chi connectivity index (χ0n) is 19.1. The van der Waals surface area contributed by atoms with Crippen LogP contribution in [0.3, 0.4) is 0 Å². The highest BCUT2D eigenvalue weighted by atomic mass is 19.1. The third-order valence-corrected chi connectivity index (χ3v) is 5.83. The largest absolute Gasteiger partial charge is 0.480 e. The van der Waals surface area contributed by atoms with Gasteiger partial charge < -0.3 is 10.0 Å². The Morgan fingerprint density at radius 2 is 1.28 bits per heavy atom. The molecule has 3 rings (SSSR count). The van der Waals surface area contributed by atoms with E-state index < -0.39 is 12.0 Å². The lowest BCUT2D eigenvalue weighted by molar-refractivity contribution is -0.142. The Bertz CT molecular complexity index is 1020. The molecule has 0 radical (unpaired) electrons. The number of halogens is 1. The first-order valence-electron chi connectivity index (χ1n) is 10.9. The van der Waals surface area contributed by atoms with E-state index in [-0.39, 0.29) is 11.9 Å². The van der Waals surface area contributed by atoms with E-state index in [2.05, 4.69) is 55.1 Å². The molecule has 5 heteroatoms. The Morgan fingerprint density at radius 1 is 0.812 bits per heavy atom. The molecule has 0 saturated carbocycles. The minimum absolute atomic E-state index is 0.226. The second kappa shape index (κ2) is 10.4. The average Bonchev–Trinajstić information content (AvgIpc) is 2.78. The number of carbonyl (C=O) groups is 1. The van der Waals surface area contributed by atoms with Crippen LogP contribution < -0.4 is 4.90 Å². The van der Waals surface area contributed by atoms with E-state index in [0.717, 1.165) is 28.9 Å². The van der Waals surface area contributed by atoms with Gasteiger partial charge in [-0.05, 0) is 74.3 Å². The lowest BCUT2D eigenvalue weighted by atomic mass is 10.0. The predicted octanol–water partition coefficient (Wildman–Crippen LogP) is 5.81. The summed E-state index contributed by atoms with van der Waals surface area (Å²) in [5, 5.41) is 9.15. The monoisotopic (exact) mass is 434 g/mol. The quantitative estimate of drug-likeness (QED) is 0.461. The number of carboxylic acid groups (broad SMARTS) is 1. The topological polar surface area (TPSA) is 43.8 Å². The molecule has 0 spiro atoms. The van der Waals surface area contributed by atoms with Crippen molar-refractivity contribution in [1.29, 1.82) is 0 Å². The van der Waals surface area contributed by atoms with Gasteiger partial charge in [-0.1, -0.05) is 48.5 Å². The van der Waals surface area contributed by atoms with Crippen LogP contribution >= 0.6 is 0 Å². The maximum absolute atomic E-state index is 13.3. The first-order chi connectivity index (χ1) is 15.2. The summed E-state index contributed by atoms with van der Waals surface area (Å²) in [7, 11) is 1.82. The molecule has 32 heavy (non-hydrogen) atoms. The number of likely N-dealkylation sites (N-methyl/N-ethyl adjacent to an activating group) is 1. The van der Waals surface area contributed by atoms with Crippen LogP contribution in [-0.4, -0.2) is 35.1 Å². The Morgan fingerprint density at radius 3 is 1.72 bits per heavy atom. The second-order valence-corrected chi connectivity index (χ2v) is 8.52. The van der Waals surface area contributed by atoms with Gasteiger partial charge in [0, 0.05) is 24.8 Å². The van der Waals surface area contributed by atoms with Gasteiger partial charge in [0.2, 0.25) is 0 Å². The van der Waals surface area contributed by atoms with Gasteiger partial charge in [0.25, 0.3) is 0 Å². The van der Waals surface area contributed by atoms with Crippen LogP contribution in [0.25, 0.3) is 11.1 Å². The van der Waals surface area contributed by atoms with E-state index in [1.165, 1.54) is 17.7 Å². The summed E-state index contributed by atoms with van der Waals surface area (Å²) >= 11 is 0. The minimum Gasteiger partial charge on any atom is -0.480 e. The Balaban J connectivity index is 1.68. The molecule has 0 heterocycles. The Labute approximate surface area is 189 Å². The summed E-state index contributed by atoms with van der Waals surface area (Å²) in [6.07, 6.45) is 0. The fraction of sp³-hybridized carbons (Fsp3) is 0.296. The highest BCUT2D eigenvalue weighted by Gasteiger charge is 2.16. The highest BCUT2D eigenvalue weighted by molar-refractivity contribution is 5.72. The van der Waals surface area contributed by atoms with Crippen LogP contribution in [0.2, 0.25) is 0 Å². The standard InChI is InChI=1S/C27H31FN2O2/c1-19(2)30(26-15-13-25(28)14-16-26)18-22-7-11-24(12-8-22)23-9-5-21(6-10-23)17-29(4)20(3)27(31)32/h5-16,19-20H,17-18H2,1-4H3,(H,31,32). The van der Waals surface area contributed by atoms with Crippen molar-refractivity contribution in [1.82, 2.24) is 4.90 Å². The summed E-state index contributed by atoms with van der Waals surface area (Å²) in [5.41, 5.74) is 5.52. The van der Waals surface area contributed by atoms with Gasteiger partial charge in [-0.15, -0.1) is 0 Å². The molecule has 3 aromatic carbocycles. The summed E-state index contributed by atoms with van der Waals surface area (Å²) in [5.74, 6) is -1.05. The Kier molecular flexibility index (Phi) is 7.65. The van der Waals surface area contributed by atoms with E-state index in [9.17, 15) is 9.18 Å². The number of benzene rings is 3. The SMILES string of the molecule is CC(C(=O)O)N(C)Cc1ccc(-c2ccc(CN(c3ccc(F)cc3)C(C)C)cc2)cc1. The lowest BCUT2D eigenvalue weighted by Gasteiger charge is -2.29. The minimum atomic E-state index is -0.820. The molecule has 1 unspecified atom stereocenters. The van der Waals surface area contributed by atoms with Crippen molar-refractivity contribution in [2.75, 3.05) is 11.9 Å². The van der Waals surface area contributed by atoms with Gasteiger partial charge in [-0.25, -0.2) is 4.39 Å². The molecule has 0 fully saturated rings. The third-order valence-electron chi connectivity index (χ3n) is 5.83. The summed E-state index contributed by atoms with van der Waals surface area (Å²) in [4.78, 5) is 15.2. The summed E-state index contributed by atoms with van der Waals surface area (Å²) < 4.78 is 13.3. The zero-order valence-corrected chi connectivity index (χ0v) is 19.1. The van der Waals surface area contributed by atoms with Gasteiger partial charge in [0.05, 0.1) is 0 Å². The molecule has 0 saturated heterocycles.